The Kier molecular flexibility index (Phi) is 5.30. The van der Waals surface area contributed by atoms with Gasteiger partial charge in [-0.05, 0) is 13.2 Å². The second-order valence-corrected chi connectivity index (χ2v) is 6.80. The minimum atomic E-state index is -3.54. The van der Waals surface area contributed by atoms with E-state index in [4.69, 9.17) is 11.6 Å². The van der Waals surface area contributed by atoms with Gasteiger partial charge in [-0.3, -0.25) is 5.10 Å². The monoisotopic (exact) mass is 297 g/mol. The van der Waals surface area contributed by atoms with Gasteiger partial charge in [-0.2, -0.15) is 21.2 Å². The average Bonchev–Trinajstić information content (AvgIpc) is 2.76. The molecule has 0 amide bonds. The Bertz CT molecular complexity index is 461. The second-order valence-electron chi connectivity index (χ2n) is 3.68. The summed E-state index contributed by atoms with van der Waals surface area (Å²) in [4.78, 5) is 0. The fourth-order valence-electron chi connectivity index (χ4n) is 1.34. The number of hydrogen-bond acceptors (Lipinski definition) is 4. The summed E-state index contributed by atoms with van der Waals surface area (Å²) in [5.74, 6) is 0.857. The molecular formula is C9H16ClN3O2S2. The Labute approximate surface area is 111 Å². The number of H-pyrrole nitrogens is 1. The van der Waals surface area contributed by atoms with Crippen LogP contribution in [-0.4, -0.2) is 48.0 Å². The summed E-state index contributed by atoms with van der Waals surface area (Å²) >= 11 is 7.28. The zero-order valence-electron chi connectivity index (χ0n) is 9.97. The third-order valence-electron chi connectivity index (χ3n) is 2.49. The number of thioether (sulfide) groups is 1. The lowest BCUT2D eigenvalue weighted by molar-refractivity contribution is 0.412. The van der Waals surface area contributed by atoms with Crippen LogP contribution in [0.3, 0.4) is 0 Å². The molecule has 0 saturated carbocycles. The van der Waals surface area contributed by atoms with E-state index in [0.29, 0.717) is 5.56 Å². The van der Waals surface area contributed by atoms with Crippen LogP contribution in [0.15, 0.2) is 11.2 Å². The molecule has 0 aromatic carbocycles. The lowest BCUT2D eigenvalue weighted by Gasteiger charge is -2.23. The Balaban J connectivity index is 3.03. The average molecular weight is 298 g/mol. The molecular weight excluding hydrogens is 282 g/mol. The van der Waals surface area contributed by atoms with E-state index in [1.807, 2.05) is 13.2 Å². The Morgan fingerprint density at radius 2 is 2.29 bits per heavy atom. The maximum atomic E-state index is 12.3. The summed E-state index contributed by atoms with van der Waals surface area (Å²) in [7, 11) is -1.98. The zero-order chi connectivity index (χ0) is 13.1. The number of nitrogens with zero attached hydrogens (tertiary/aromatic N) is 2. The van der Waals surface area contributed by atoms with Crippen molar-refractivity contribution in [2.45, 2.75) is 23.9 Å². The van der Waals surface area contributed by atoms with E-state index in [-0.39, 0.29) is 16.9 Å². The lowest BCUT2D eigenvalue weighted by atomic mass is 10.4. The van der Waals surface area contributed by atoms with Gasteiger partial charge in [0.25, 0.3) is 10.0 Å². The molecule has 1 aromatic rings. The molecule has 1 aromatic heterocycles. The summed E-state index contributed by atoms with van der Waals surface area (Å²) in [6.07, 6.45) is 3.38. The van der Waals surface area contributed by atoms with Gasteiger partial charge in [0.2, 0.25) is 0 Å². The summed E-state index contributed by atoms with van der Waals surface area (Å²) in [6, 6.07) is -0.0820. The van der Waals surface area contributed by atoms with Crippen molar-refractivity contribution in [3.8, 4) is 0 Å². The van der Waals surface area contributed by atoms with Crippen molar-refractivity contribution < 1.29 is 8.42 Å². The van der Waals surface area contributed by atoms with E-state index in [1.165, 1.54) is 10.5 Å². The molecule has 0 saturated heterocycles. The summed E-state index contributed by atoms with van der Waals surface area (Å²) in [5.41, 5.74) is 0.495. The van der Waals surface area contributed by atoms with Gasteiger partial charge in [-0.1, -0.05) is 0 Å². The molecule has 1 N–H and O–H groups in total. The van der Waals surface area contributed by atoms with Gasteiger partial charge in [-0.25, -0.2) is 8.42 Å². The van der Waals surface area contributed by atoms with Gasteiger partial charge in [-0.15, -0.1) is 11.6 Å². The highest BCUT2D eigenvalue weighted by Crippen LogP contribution is 2.20. The molecule has 1 rings (SSSR count). The molecule has 0 spiro atoms. The standard InChI is InChI=1S/C9H16ClN3O2S2/c1-7(6-16-3)13(2)17(14,15)9-8(4-10)5-11-12-9/h5,7H,4,6H2,1-3H3,(H,11,12). The van der Waals surface area contributed by atoms with E-state index in [2.05, 4.69) is 10.2 Å². The van der Waals surface area contributed by atoms with Crippen molar-refractivity contribution in [3.63, 3.8) is 0 Å². The first-order chi connectivity index (χ1) is 7.95. The van der Waals surface area contributed by atoms with Crippen LogP contribution < -0.4 is 0 Å². The van der Waals surface area contributed by atoms with Gasteiger partial charge in [0.05, 0.1) is 12.1 Å². The predicted molar refractivity (Wildman–Crippen MR) is 70.9 cm³/mol. The SMILES string of the molecule is CSCC(C)N(C)S(=O)(=O)c1[nH]ncc1CCl. The molecule has 0 aliphatic rings. The molecule has 0 aliphatic carbocycles. The first-order valence-electron chi connectivity index (χ1n) is 5.00. The highest BCUT2D eigenvalue weighted by atomic mass is 35.5. The Hall–Kier alpha value is -0.240. The maximum Gasteiger partial charge on any atom is 0.260 e. The van der Waals surface area contributed by atoms with Crippen LogP contribution in [0.1, 0.15) is 12.5 Å². The first kappa shape index (κ1) is 14.8. The van der Waals surface area contributed by atoms with Crippen LogP contribution in [0.25, 0.3) is 0 Å². The number of aromatic amines is 1. The van der Waals surface area contributed by atoms with E-state index in [1.54, 1.807) is 18.8 Å². The molecule has 8 heteroatoms. The van der Waals surface area contributed by atoms with Crippen LogP contribution in [0.4, 0.5) is 0 Å². The van der Waals surface area contributed by atoms with Gasteiger partial charge < -0.3 is 0 Å². The minimum Gasteiger partial charge on any atom is -0.266 e. The zero-order valence-corrected chi connectivity index (χ0v) is 12.4. The lowest BCUT2D eigenvalue weighted by Crippen LogP contribution is -2.37. The minimum absolute atomic E-state index is 0.0820. The molecule has 0 fully saturated rings. The molecule has 1 atom stereocenters. The largest absolute Gasteiger partial charge is 0.266 e. The number of hydrogen-bond donors (Lipinski definition) is 1. The quantitative estimate of drug-likeness (QED) is 0.809. The van der Waals surface area contributed by atoms with E-state index in [0.717, 1.165) is 5.75 Å². The maximum absolute atomic E-state index is 12.3. The van der Waals surface area contributed by atoms with Crippen molar-refractivity contribution >= 4 is 33.4 Å². The highest BCUT2D eigenvalue weighted by Gasteiger charge is 2.28. The first-order valence-corrected chi connectivity index (χ1v) is 8.37. The molecule has 0 radical (unpaired) electrons. The second kappa shape index (κ2) is 6.08. The van der Waals surface area contributed by atoms with Crippen LogP contribution in [0.2, 0.25) is 0 Å². The third kappa shape index (κ3) is 3.15. The number of sulfonamides is 1. The highest BCUT2D eigenvalue weighted by molar-refractivity contribution is 7.98. The van der Waals surface area contributed by atoms with Gasteiger partial charge >= 0.3 is 0 Å². The summed E-state index contributed by atoms with van der Waals surface area (Å²) in [5, 5.41) is 6.32. The van der Waals surface area contributed by atoms with Crippen molar-refractivity contribution in [1.29, 1.82) is 0 Å². The molecule has 98 valence electrons. The third-order valence-corrected chi connectivity index (χ3v) is 5.58. The number of alkyl halides is 1. The smallest absolute Gasteiger partial charge is 0.260 e. The molecule has 0 bridgehead atoms. The van der Waals surface area contributed by atoms with E-state index >= 15 is 0 Å². The molecule has 1 heterocycles. The van der Waals surface area contributed by atoms with Crippen molar-refractivity contribution in [2.24, 2.45) is 0 Å². The van der Waals surface area contributed by atoms with Crippen molar-refractivity contribution in [3.05, 3.63) is 11.8 Å². The molecule has 5 nitrogen and oxygen atoms in total. The van der Waals surface area contributed by atoms with Gasteiger partial charge in [0.1, 0.15) is 0 Å². The van der Waals surface area contributed by atoms with Gasteiger partial charge in [0, 0.05) is 24.4 Å². The molecule has 0 aliphatic heterocycles. The van der Waals surface area contributed by atoms with E-state index in [9.17, 15) is 8.42 Å². The van der Waals surface area contributed by atoms with Gasteiger partial charge in [0.15, 0.2) is 5.03 Å². The Morgan fingerprint density at radius 1 is 1.65 bits per heavy atom. The van der Waals surface area contributed by atoms with Crippen molar-refractivity contribution in [1.82, 2.24) is 14.5 Å². The van der Waals surface area contributed by atoms with Crippen LogP contribution in [0.5, 0.6) is 0 Å². The van der Waals surface area contributed by atoms with E-state index < -0.39 is 10.0 Å². The summed E-state index contributed by atoms with van der Waals surface area (Å²) < 4.78 is 25.9. The van der Waals surface area contributed by atoms with Crippen LogP contribution >= 0.6 is 23.4 Å². The van der Waals surface area contributed by atoms with Crippen LogP contribution in [0, 0.1) is 0 Å². The summed E-state index contributed by atoms with van der Waals surface area (Å²) in [6.45, 7) is 1.87. The molecule has 17 heavy (non-hydrogen) atoms. The topological polar surface area (TPSA) is 66.1 Å². The Morgan fingerprint density at radius 3 is 2.82 bits per heavy atom. The number of halogens is 1. The number of aromatic nitrogens is 2. The predicted octanol–water partition coefficient (Wildman–Crippen LogP) is 1.52. The fourth-order valence-corrected chi connectivity index (χ4v) is 3.89. The molecule has 1 unspecified atom stereocenters. The fraction of sp³-hybridized carbons (Fsp3) is 0.667. The normalized spacial score (nSPS) is 14.2. The van der Waals surface area contributed by atoms with Crippen molar-refractivity contribution in [2.75, 3.05) is 19.1 Å². The van der Waals surface area contributed by atoms with Crippen LogP contribution in [-0.2, 0) is 15.9 Å². The number of nitrogens with one attached hydrogen (secondary N) is 1. The number of rotatable bonds is 6.